The van der Waals surface area contributed by atoms with Crippen molar-refractivity contribution >= 4 is 28.5 Å². The summed E-state index contributed by atoms with van der Waals surface area (Å²) >= 11 is 0. The molecule has 31 heavy (non-hydrogen) atoms. The molecular formula is C24H28N4O3. The summed E-state index contributed by atoms with van der Waals surface area (Å²) in [7, 11) is 3.89. The molecule has 162 valence electrons. The number of para-hydroxylation sites is 2. The van der Waals surface area contributed by atoms with Crippen LogP contribution in [0.25, 0.3) is 11.0 Å². The summed E-state index contributed by atoms with van der Waals surface area (Å²) in [6.45, 7) is 3.37. The number of amides is 2. The topological polar surface area (TPSA) is 69.0 Å². The zero-order valence-corrected chi connectivity index (χ0v) is 18.0. The summed E-state index contributed by atoms with van der Waals surface area (Å²) in [6.07, 6.45) is 0. The molecule has 0 spiro atoms. The molecule has 0 unspecified atom stereocenters. The number of fused-ring (bicyclic) bond motifs is 1. The Morgan fingerprint density at radius 1 is 0.968 bits per heavy atom. The third-order valence-corrected chi connectivity index (χ3v) is 5.53. The maximum atomic E-state index is 12.8. The van der Waals surface area contributed by atoms with E-state index in [0.717, 1.165) is 24.0 Å². The fourth-order valence-corrected chi connectivity index (χ4v) is 3.96. The molecule has 4 rings (SSSR count). The molecule has 1 aliphatic heterocycles. The first-order valence-electron chi connectivity index (χ1n) is 10.5. The largest absolute Gasteiger partial charge is 0.451 e. The van der Waals surface area contributed by atoms with Crippen LogP contribution in [0.4, 0.5) is 5.69 Å². The van der Waals surface area contributed by atoms with Crippen LogP contribution in [-0.4, -0.2) is 68.4 Å². The highest BCUT2D eigenvalue weighted by molar-refractivity contribution is 6.00. The lowest BCUT2D eigenvalue weighted by Crippen LogP contribution is -2.51. The maximum absolute atomic E-state index is 12.8. The highest BCUT2D eigenvalue weighted by atomic mass is 16.3. The number of furan rings is 1. The number of benzene rings is 2. The van der Waals surface area contributed by atoms with E-state index in [9.17, 15) is 9.59 Å². The number of anilines is 1. The number of carbonyl (C=O) groups is 2. The summed E-state index contributed by atoms with van der Waals surface area (Å²) in [4.78, 5) is 31.6. The highest BCUT2D eigenvalue weighted by Gasteiger charge is 2.24. The second-order valence-corrected chi connectivity index (χ2v) is 8.03. The molecule has 1 aliphatic rings. The number of nitrogens with one attached hydrogen (secondary N) is 1. The molecule has 0 saturated carbocycles. The number of hydrogen-bond donors (Lipinski definition) is 1. The monoisotopic (exact) mass is 420 g/mol. The molecule has 1 fully saturated rings. The summed E-state index contributed by atoms with van der Waals surface area (Å²) in [5, 5.41) is 3.68. The van der Waals surface area contributed by atoms with Gasteiger partial charge in [0, 0.05) is 49.4 Å². The maximum Gasteiger partial charge on any atom is 0.287 e. The van der Waals surface area contributed by atoms with Crippen molar-refractivity contribution in [1.82, 2.24) is 15.1 Å². The average Bonchev–Trinajstić information content (AvgIpc) is 3.16. The van der Waals surface area contributed by atoms with Crippen LogP contribution >= 0.6 is 0 Å². The van der Waals surface area contributed by atoms with Crippen molar-refractivity contribution in [1.29, 1.82) is 0 Å². The molecule has 0 radical (unpaired) electrons. The second kappa shape index (κ2) is 9.22. The molecule has 7 nitrogen and oxygen atoms in total. The molecule has 1 aromatic heterocycles. The van der Waals surface area contributed by atoms with Gasteiger partial charge in [0.15, 0.2) is 5.76 Å². The normalized spacial score (nSPS) is 14.3. The van der Waals surface area contributed by atoms with E-state index in [2.05, 4.69) is 22.3 Å². The molecular weight excluding hydrogens is 392 g/mol. The average molecular weight is 421 g/mol. The lowest BCUT2D eigenvalue weighted by molar-refractivity contribution is -0.130. The van der Waals surface area contributed by atoms with Gasteiger partial charge in [-0.05, 0) is 32.3 Å². The van der Waals surface area contributed by atoms with Gasteiger partial charge in [0.1, 0.15) is 5.58 Å². The third-order valence-electron chi connectivity index (χ3n) is 5.53. The van der Waals surface area contributed by atoms with Gasteiger partial charge in [-0.1, -0.05) is 36.4 Å². The van der Waals surface area contributed by atoms with E-state index in [4.69, 9.17) is 4.42 Å². The smallest absolute Gasteiger partial charge is 0.287 e. The third kappa shape index (κ3) is 4.72. The SMILES string of the molecule is CN(C)Cc1c(C(=O)NCC(=O)N2CCN(c3ccccc3)CC2)oc2ccccc12. The van der Waals surface area contributed by atoms with Crippen molar-refractivity contribution in [3.63, 3.8) is 0 Å². The van der Waals surface area contributed by atoms with Crippen molar-refractivity contribution in [3.8, 4) is 0 Å². The van der Waals surface area contributed by atoms with E-state index in [1.54, 1.807) is 4.90 Å². The van der Waals surface area contributed by atoms with Crippen LogP contribution in [-0.2, 0) is 11.3 Å². The number of rotatable bonds is 6. The molecule has 7 heteroatoms. The summed E-state index contributed by atoms with van der Waals surface area (Å²) in [5.41, 5.74) is 2.68. The Balaban J connectivity index is 1.36. The minimum Gasteiger partial charge on any atom is -0.451 e. The van der Waals surface area contributed by atoms with Crippen LogP contribution in [0.15, 0.2) is 59.0 Å². The van der Waals surface area contributed by atoms with E-state index in [1.165, 1.54) is 5.69 Å². The Bertz CT molecular complexity index is 1050. The lowest BCUT2D eigenvalue weighted by Gasteiger charge is -2.36. The van der Waals surface area contributed by atoms with Gasteiger partial charge in [0.25, 0.3) is 5.91 Å². The van der Waals surface area contributed by atoms with E-state index in [1.807, 2.05) is 61.5 Å². The van der Waals surface area contributed by atoms with Crippen LogP contribution < -0.4 is 10.2 Å². The van der Waals surface area contributed by atoms with E-state index < -0.39 is 0 Å². The Morgan fingerprint density at radius 3 is 2.35 bits per heavy atom. The Morgan fingerprint density at radius 2 is 1.65 bits per heavy atom. The molecule has 0 atom stereocenters. The standard InChI is InChI=1S/C24H28N4O3/c1-26(2)17-20-19-10-6-7-11-21(19)31-23(20)24(30)25-16-22(29)28-14-12-27(13-15-28)18-8-4-3-5-9-18/h3-11H,12-17H2,1-2H3,(H,25,30). The zero-order valence-electron chi connectivity index (χ0n) is 18.0. The van der Waals surface area contributed by atoms with Gasteiger partial charge in [-0.25, -0.2) is 0 Å². The number of nitrogens with zero attached hydrogens (tertiary/aromatic N) is 3. The van der Waals surface area contributed by atoms with Crippen molar-refractivity contribution in [2.24, 2.45) is 0 Å². The van der Waals surface area contributed by atoms with Gasteiger partial charge < -0.3 is 24.4 Å². The number of piperazine rings is 1. The van der Waals surface area contributed by atoms with Crippen LogP contribution in [0.1, 0.15) is 16.1 Å². The first-order chi connectivity index (χ1) is 15.0. The Hall–Kier alpha value is -3.32. The van der Waals surface area contributed by atoms with E-state index in [0.29, 0.717) is 25.2 Å². The zero-order chi connectivity index (χ0) is 21.8. The molecule has 0 aliphatic carbocycles. The minimum absolute atomic E-state index is 0.0391. The predicted molar refractivity (Wildman–Crippen MR) is 121 cm³/mol. The van der Waals surface area contributed by atoms with Crippen molar-refractivity contribution in [2.45, 2.75) is 6.54 Å². The van der Waals surface area contributed by atoms with E-state index in [-0.39, 0.29) is 24.1 Å². The van der Waals surface area contributed by atoms with Crippen molar-refractivity contribution in [3.05, 3.63) is 65.9 Å². The van der Waals surface area contributed by atoms with Crippen LogP contribution in [0.2, 0.25) is 0 Å². The molecule has 2 heterocycles. The Labute approximate surface area is 182 Å². The van der Waals surface area contributed by atoms with Crippen LogP contribution in [0.3, 0.4) is 0 Å². The quantitative estimate of drug-likeness (QED) is 0.664. The summed E-state index contributed by atoms with van der Waals surface area (Å²) < 4.78 is 5.83. The number of carbonyl (C=O) groups excluding carboxylic acids is 2. The highest BCUT2D eigenvalue weighted by Crippen LogP contribution is 2.26. The second-order valence-electron chi connectivity index (χ2n) is 8.03. The summed E-state index contributed by atoms with van der Waals surface area (Å²) in [6, 6.07) is 17.8. The molecule has 2 amide bonds. The fraction of sp³-hybridized carbons (Fsp3) is 0.333. The molecule has 3 aromatic rings. The predicted octanol–water partition coefficient (Wildman–Crippen LogP) is 2.57. The Kier molecular flexibility index (Phi) is 6.23. The van der Waals surface area contributed by atoms with Crippen LogP contribution in [0, 0.1) is 0 Å². The van der Waals surface area contributed by atoms with Gasteiger partial charge in [0.05, 0.1) is 6.54 Å². The minimum atomic E-state index is -0.357. The molecule has 2 aromatic carbocycles. The van der Waals surface area contributed by atoms with Gasteiger partial charge in [-0.3, -0.25) is 9.59 Å². The summed E-state index contributed by atoms with van der Waals surface area (Å²) in [5.74, 6) is -0.160. The van der Waals surface area contributed by atoms with Gasteiger partial charge >= 0.3 is 0 Å². The van der Waals surface area contributed by atoms with Crippen LogP contribution in [0.5, 0.6) is 0 Å². The fourth-order valence-electron chi connectivity index (χ4n) is 3.96. The molecule has 0 bridgehead atoms. The lowest BCUT2D eigenvalue weighted by atomic mass is 10.1. The molecule has 1 N–H and O–H groups in total. The molecule has 1 saturated heterocycles. The van der Waals surface area contributed by atoms with Gasteiger partial charge in [-0.2, -0.15) is 0 Å². The first kappa shape index (κ1) is 20.9. The number of hydrogen-bond acceptors (Lipinski definition) is 5. The van der Waals surface area contributed by atoms with Crippen molar-refractivity contribution < 1.29 is 14.0 Å². The van der Waals surface area contributed by atoms with Gasteiger partial charge in [0.2, 0.25) is 5.91 Å². The van der Waals surface area contributed by atoms with E-state index >= 15 is 0 Å². The van der Waals surface area contributed by atoms with Crippen molar-refractivity contribution in [2.75, 3.05) is 51.7 Å². The van der Waals surface area contributed by atoms with Gasteiger partial charge in [-0.15, -0.1) is 0 Å². The first-order valence-corrected chi connectivity index (χ1v) is 10.5.